The van der Waals surface area contributed by atoms with Crippen LogP contribution in [0.1, 0.15) is 41.6 Å². The fourth-order valence-electron chi connectivity index (χ4n) is 10.4. The minimum absolute atomic E-state index is 0.0957. The predicted octanol–water partition coefficient (Wildman–Crippen LogP) is 6.58. The molecule has 0 aliphatic carbocycles. The third kappa shape index (κ3) is 7.96. The molecule has 7 aromatic rings. The Bertz CT molecular complexity index is 3040. The summed E-state index contributed by atoms with van der Waals surface area (Å²) in [5.41, 5.74) is 2.73. The van der Waals surface area contributed by atoms with E-state index in [4.69, 9.17) is 18.9 Å². The first-order chi connectivity index (χ1) is 32.4. The molecule has 14 nitrogen and oxygen atoms in total. The molecule has 0 radical (unpaired) electrons. The Hall–Kier alpha value is -7.07. The van der Waals surface area contributed by atoms with Crippen molar-refractivity contribution in [2.24, 2.45) is 5.92 Å². The second-order valence-corrected chi connectivity index (χ2v) is 22.5. The number of anilines is 1. The van der Waals surface area contributed by atoms with Gasteiger partial charge in [0.15, 0.2) is 17.1 Å². The van der Waals surface area contributed by atoms with Crippen LogP contribution in [0.3, 0.4) is 0 Å². The van der Waals surface area contributed by atoms with Crippen molar-refractivity contribution in [2.75, 3.05) is 32.8 Å². The van der Waals surface area contributed by atoms with Crippen molar-refractivity contribution >= 4 is 24.9 Å². The first-order valence-electron chi connectivity index (χ1n) is 22.4. The summed E-state index contributed by atoms with van der Waals surface area (Å²) < 4.78 is 28.7. The summed E-state index contributed by atoms with van der Waals surface area (Å²) in [6.45, 7) is 7.30. The van der Waals surface area contributed by atoms with Crippen LogP contribution in [0.4, 0.5) is 5.69 Å². The maximum Gasteiger partial charge on any atom is 0.297 e. The van der Waals surface area contributed by atoms with E-state index in [0.717, 1.165) is 16.9 Å². The number of aliphatic hydroxyl groups is 1. The highest BCUT2D eigenvalue weighted by atomic mass is 28.3. The minimum Gasteiger partial charge on any atom is -0.497 e. The van der Waals surface area contributed by atoms with Gasteiger partial charge in [-0.05, 0) is 89.8 Å². The van der Waals surface area contributed by atoms with E-state index in [-0.39, 0.29) is 59.1 Å². The van der Waals surface area contributed by atoms with Crippen LogP contribution in [-0.2, 0) is 28.2 Å². The fourth-order valence-corrected chi connectivity index (χ4v) is 14.5. The van der Waals surface area contributed by atoms with Gasteiger partial charge in [-0.1, -0.05) is 85.0 Å². The summed E-state index contributed by atoms with van der Waals surface area (Å²) in [5.74, 6) is 0.267. The molecule has 5 atom stereocenters. The zero-order valence-electron chi connectivity index (χ0n) is 38.4. The number of aryl methyl sites for hydroxylation is 1. The van der Waals surface area contributed by atoms with Crippen molar-refractivity contribution in [2.45, 2.75) is 62.7 Å². The van der Waals surface area contributed by atoms with Crippen LogP contribution in [0.2, 0.25) is 18.6 Å². The molecule has 2 aliphatic heterocycles. The standard InChI is InChI=1S/C52H54N6O8Si/c1-34-48(67(5,6)40-22-20-39(63-2)21-23-40)45(25-28-55-32-43(53-54-55)41(33-59)36-14-8-7-9-15-36)66-52(34)42-30-38(57-27-12-18-47(65-4)50(57)61)19-24-44(42)58(51(52)62)31-35-13-10-16-37(29-35)56-26-11-17-46(64-3)49(56)60/h7-24,26-27,29-30,32,34,41,45,48,59H,25,28,31,33H2,1-6H3/t34-,41?,45+,48-,52+/m0/s1. The van der Waals surface area contributed by atoms with E-state index >= 15 is 4.79 Å². The average Bonchev–Trinajstić information content (AvgIpc) is 4.01. The summed E-state index contributed by atoms with van der Waals surface area (Å²) in [7, 11) is 2.03. The van der Waals surface area contributed by atoms with Crippen molar-refractivity contribution in [1.29, 1.82) is 0 Å². The van der Waals surface area contributed by atoms with Gasteiger partial charge in [-0.2, -0.15) is 0 Å². The number of amides is 1. The van der Waals surface area contributed by atoms with Crippen LogP contribution >= 0.6 is 0 Å². The van der Waals surface area contributed by atoms with Crippen molar-refractivity contribution in [3.05, 3.63) is 183 Å². The number of carbonyl (C=O) groups is 1. The number of nitrogens with zero attached hydrogens (tertiary/aromatic N) is 6. The van der Waals surface area contributed by atoms with Gasteiger partial charge >= 0.3 is 0 Å². The van der Waals surface area contributed by atoms with E-state index in [1.54, 1.807) is 53.4 Å². The van der Waals surface area contributed by atoms with Gasteiger partial charge in [0.05, 0.1) is 66.0 Å². The van der Waals surface area contributed by atoms with E-state index in [0.29, 0.717) is 41.3 Å². The van der Waals surface area contributed by atoms with Crippen LogP contribution in [0, 0.1) is 5.92 Å². The molecule has 0 bridgehead atoms. The van der Waals surface area contributed by atoms with Gasteiger partial charge in [0.2, 0.25) is 0 Å². The SMILES string of the molecule is COc1ccc([Si](C)(C)[C@@H]2[C@@H](CCn3cc(C(CO)c4ccccc4)nn3)O[C@]3(C(=O)N(Cc4cccc(-n5cccc(OC)c5=O)c4)c4ccc(-n5cccc(OC)c5=O)cc43)[C@H]2C)cc1. The van der Waals surface area contributed by atoms with Gasteiger partial charge in [-0.15, -0.1) is 5.10 Å². The lowest BCUT2D eigenvalue weighted by Gasteiger charge is -2.37. The molecule has 1 saturated heterocycles. The summed E-state index contributed by atoms with van der Waals surface area (Å²) in [6, 6.07) is 38.0. The lowest BCUT2D eigenvalue weighted by molar-refractivity contribution is -0.146. The molecule has 0 saturated carbocycles. The van der Waals surface area contributed by atoms with Crippen LogP contribution in [-0.4, -0.2) is 77.3 Å². The lowest BCUT2D eigenvalue weighted by Crippen LogP contribution is -2.51. The van der Waals surface area contributed by atoms with E-state index < -0.39 is 19.8 Å². The first kappa shape index (κ1) is 45.1. The van der Waals surface area contributed by atoms with Gasteiger partial charge in [0.1, 0.15) is 5.75 Å². The Morgan fingerprint density at radius 2 is 1.45 bits per heavy atom. The van der Waals surface area contributed by atoms with Gasteiger partial charge in [-0.3, -0.25) is 28.2 Å². The van der Waals surface area contributed by atoms with E-state index in [1.165, 1.54) is 28.5 Å². The number of aliphatic hydroxyl groups excluding tert-OH is 1. The molecule has 1 N–H and O–H groups in total. The van der Waals surface area contributed by atoms with Crippen molar-refractivity contribution in [1.82, 2.24) is 24.1 Å². The quantitative estimate of drug-likeness (QED) is 0.112. The third-order valence-corrected chi connectivity index (χ3v) is 18.2. The summed E-state index contributed by atoms with van der Waals surface area (Å²) in [4.78, 5) is 44.7. The fraction of sp³-hybridized carbons (Fsp3) is 0.288. The highest BCUT2D eigenvalue weighted by molar-refractivity contribution is 6.91. The molecule has 1 spiro atoms. The molecule has 3 aromatic heterocycles. The number of aromatic nitrogens is 5. The number of ether oxygens (including phenoxy) is 4. The molecule has 1 fully saturated rings. The molecule has 67 heavy (non-hydrogen) atoms. The second-order valence-electron chi connectivity index (χ2n) is 17.8. The highest BCUT2D eigenvalue weighted by Crippen LogP contribution is 2.60. The number of pyridine rings is 2. The van der Waals surface area contributed by atoms with Gasteiger partial charge in [-0.25, -0.2) is 0 Å². The molecule has 9 rings (SSSR count). The number of benzene rings is 4. The normalized spacial score (nSPS) is 19.4. The largest absolute Gasteiger partial charge is 0.497 e. The molecular formula is C52H54N6O8Si. The van der Waals surface area contributed by atoms with Crippen LogP contribution in [0.15, 0.2) is 150 Å². The van der Waals surface area contributed by atoms with Gasteiger partial charge in [0.25, 0.3) is 17.0 Å². The summed E-state index contributed by atoms with van der Waals surface area (Å²) in [5, 5.41) is 20.6. The summed E-state index contributed by atoms with van der Waals surface area (Å²) >= 11 is 0. The Kier molecular flexibility index (Phi) is 12.3. The smallest absolute Gasteiger partial charge is 0.297 e. The number of hydrogen-bond donors (Lipinski definition) is 1. The van der Waals surface area contributed by atoms with Crippen LogP contribution < -0.4 is 35.4 Å². The Morgan fingerprint density at radius 1 is 0.776 bits per heavy atom. The third-order valence-electron chi connectivity index (χ3n) is 13.8. The molecule has 4 aromatic carbocycles. The zero-order valence-corrected chi connectivity index (χ0v) is 39.4. The zero-order chi connectivity index (χ0) is 47.0. The van der Waals surface area contributed by atoms with Crippen molar-refractivity contribution < 1.29 is 28.8 Å². The lowest BCUT2D eigenvalue weighted by atomic mass is 9.82. The molecule has 1 unspecified atom stereocenters. The van der Waals surface area contributed by atoms with Crippen LogP contribution in [0.25, 0.3) is 11.4 Å². The van der Waals surface area contributed by atoms with Crippen molar-refractivity contribution in [3.63, 3.8) is 0 Å². The van der Waals surface area contributed by atoms with Crippen molar-refractivity contribution in [3.8, 4) is 28.6 Å². The highest BCUT2D eigenvalue weighted by Gasteiger charge is 2.66. The summed E-state index contributed by atoms with van der Waals surface area (Å²) in [6.07, 6.45) is 5.35. The molecule has 2 aliphatic rings. The van der Waals surface area contributed by atoms with Gasteiger partial charge < -0.3 is 29.0 Å². The number of rotatable bonds is 15. The van der Waals surface area contributed by atoms with Crippen LogP contribution in [0.5, 0.6) is 17.2 Å². The minimum atomic E-state index is -2.55. The van der Waals surface area contributed by atoms with E-state index in [1.807, 2.05) is 91.1 Å². The number of fused-ring (bicyclic) bond motifs is 2. The molecule has 344 valence electrons. The van der Waals surface area contributed by atoms with E-state index in [9.17, 15) is 14.7 Å². The van der Waals surface area contributed by atoms with E-state index in [2.05, 4.69) is 42.5 Å². The number of carbonyl (C=O) groups excluding carboxylic acids is 1. The average molecular weight is 919 g/mol. The predicted molar refractivity (Wildman–Crippen MR) is 258 cm³/mol. The maximum atomic E-state index is 15.9. The number of methoxy groups -OCH3 is 3. The first-order valence-corrected chi connectivity index (χ1v) is 25.5. The molecule has 5 heterocycles. The number of hydrogen-bond acceptors (Lipinski definition) is 10. The maximum absolute atomic E-state index is 15.9. The molecule has 1 amide bonds. The van der Waals surface area contributed by atoms with Gasteiger partial charge in [0, 0.05) is 48.0 Å². The second kappa shape index (κ2) is 18.3. The topological polar surface area (TPSA) is 152 Å². The molecule has 15 heteroatoms. The Balaban J connectivity index is 1.15. The Morgan fingerprint density at radius 3 is 2.09 bits per heavy atom. The molecular weight excluding hydrogens is 865 g/mol. The monoisotopic (exact) mass is 918 g/mol. The Labute approximate surface area is 389 Å².